The number of ketones is 1. The Bertz CT molecular complexity index is 406. The van der Waals surface area contributed by atoms with Gasteiger partial charge in [0.15, 0.2) is 0 Å². The largest absolute Gasteiger partial charge is 0.480 e. The molecule has 0 aromatic carbocycles. The van der Waals surface area contributed by atoms with Crippen LogP contribution in [-0.4, -0.2) is 64.7 Å². The van der Waals surface area contributed by atoms with Gasteiger partial charge in [0.05, 0.1) is 0 Å². The Morgan fingerprint density at radius 1 is 1.17 bits per heavy atom. The number of nitrogens with one attached hydrogen (secondary N) is 2. The summed E-state index contributed by atoms with van der Waals surface area (Å²) in [5.74, 6) is -3.27. The predicted molar refractivity (Wildman–Crippen MR) is 86.9 cm³/mol. The first kappa shape index (κ1) is 24.3. The summed E-state index contributed by atoms with van der Waals surface area (Å²) in [7, 11) is 1.67. The van der Waals surface area contributed by atoms with Gasteiger partial charge in [-0.05, 0) is 38.8 Å². The fraction of sp³-hybridized carbons (Fsp3) is 0.733. The predicted octanol–water partition coefficient (Wildman–Crippen LogP) is 0.188. The highest BCUT2D eigenvalue weighted by atomic mass is 16.4. The lowest BCUT2D eigenvalue weighted by Gasteiger charge is -2.12. The highest BCUT2D eigenvalue weighted by Crippen LogP contribution is 2.04. The number of likely N-dealkylation sites (N-methyl/N-ethyl adjacent to an activating group) is 1. The molecule has 0 unspecified atom stereocenters. The number of carbonyl (C=O) groups is 4. The zero-order chi connectivity index (χ0) is 19.3. The number of aliphatic carboxylic acids is 3. The van der Waals surface area contributed by atoms with Crippen LogP contribution in [0, 0.1) is 5.92 Å². The van der Waals surface area contributed by atoms with Crippen LogP contribution in [0.15, 0.2) is 0 Å². The van der Waals surface area contributed by atoms with E-state index in [9.17, 15) is 19.2 Å². The van der Waals surface area contributed by atoms with Crippen LogP contribution in [0.2, 0.25) is 0 Å². The summed E-state index contributed by atoms with van der Waals surface area (Å²) in [6.07, 6.45) is 2.47. The number of hydrogen-bond acceptors (Lipinski definition) is 6. The number of carboxylic acid groups (broad SMARTS) is 3. The molecular weight excluding hydrogens is 320 g/mol. The zero-order valence-electron chi connectivity index (χ0n) is 14.5. The molecule has 1 heterocycles. The summed E-state index contributed by atoms with van der Waals surface area (Å²) in [6.45, 7) is 5.87. The van der Waals surface area contributed by atoms with Gasteiger partial charge in [-0.1, -0.05) is 13.8 Å². The molecule has 0 saturated carbocycles. The number of carboxylic acids is 3. The maximum Gasteiger partial charge on any atom is 0.371 e. The normalized spacial score (nSPS) is 17.0. The summed E-state index contributed by atoms with van der Waals surface area (Å²) >= 11 is 0. The van der Waals surface area contributed by atoms with Gasteiger partial charge in [0, 0.05) is 6.92 Å². The Morgan fingerprint density at radius 3 is 1.79 bits per heavy atom. The number of carbonyl (C=O) groups excluding carboxylic acids is 1. The molecule has 9 heteroatoms. The third-order valence-corrected chi connectivity index (χ3v) is 3.01. The van der Waals surface area contributed by atoms with Gasteiger partial charge in [-0.25, -0.2) is 4.79 Å². The molecular formula is C15H28N2O7. The molecule has 1 aliphatic rings. The molecule has 5 N–H and O–H groups in total. The van der Waals surface area contributed by atoms with Crippen LogP contribution in [0.25, 0.3) is 0 Å². The van der Waals surface area contributed by atoms with Gasteiger partial charge in [-0.15, -0.1) is 0 Å². The second kappa shape index (κ2) is 13.4. The number of hydrogen-bond donors (Lipinski definition) is 5. The third kappa shape index (κ3) is 13.6. The van der Waals surface area contributed by atoms with Crippen molar-refractivity contribution in [2.75, 3.05) is 13.6 Å². The molecule has 1 rings (SSSR count). The summed E-state index contributed by atoms with van der Waals surface area (Å²) in [5.41, 5.74) is 0. The molecule has 0 aromatic heterocycles. The van der Waals surface area contributed by atoms with Crippen molar-refractivity contribution in [3.8, 4) is 0 Å². The average molecular weight is 348 g/mol. The van der Waals surface area contributed by atoms with E-state index < -0.39 is 23.7 Å². The fourth-order valence-corrected chi connectivity index (χ4v) is 1.71. The topological polar surface area (TPSA) is 153 Å². The Kier molecular flexibility index (Phi) is 13.6. The van der Waals surface area contributed by atoms with Crippen molar-refractivity contribution in [1.82, 2.24) is 10.6 Å². The molecule has 9 nitrogen and oxygen atoms in total. The van der Waals surface area contributed by atoms with E-state index in [0.717, 1.165) is 26.3 Å². The molecule has 0 spiro atoms. The summed E-state index contributed by atoms with van der Waals surface area (Å²) in [4.78, 5) is 39.4. The lowest BCUT2D eigenvalue weighted by atomic mass is 10.0. The summed E-state index contributed by atoms with van der Waals surface area (Å²) < 4.78 is 0. The van der Waals surface area contributed by atoms with E-state index in [1.54, 1.807) is 7.05 Å². The van der Waals surface area contributed by atoms with Crippen LogP contribution < -0.4 is 10.6 Å². The second-order valence-electron chi connectivity index (χ2n) is 5.66. The Morgan fingerprint density at radius 2 is 1.67 bits per heavy atom. The van der Waals surface area contributed by atoms with E-state index in [1.165, 1.54) is 0 Å². The minimum atomic E-state index is -1.38. The quantitative estimate of drug-likeness (QED) is 0.423. The molecule has 1 fully saturated rings. The Labute approximate surface area is 141 Å². The molecule has 140 valence electrons. The van der Waals surface area contributed by atoms with E-state index in [2.05, 4.69) is 10.6 Å². The van der Waals surface area contributed by atoms with Crippen LogP contribution in [0.1, 0.15) is 40.0 Å². The molecule has 0 amide bonds. The van der Waals surface area contributed by atoms with Gasteiger partial charge in [0.2, 0.25) is 5.78 Å². The summed E-state index contributed by atoms with van der Waals surface area (Å²) in [6, 6.07) is -0.657. The van der Waals surface area contributed by atoms with Crippen molar-refractivity contribution in [2.24, 2.45) is 5.92 Å². The molecule has 0 aromatic rings. The highest BCUT2D eigenvalue weighted by Gasteiger charge is 2.20. The van der Waals surface area contributed by atoms with Gasteiger partial charge < -0.3 is 26.0 Å². The molecule has 0 radical (unpaired) electrons. The molecule has 0 bridgehead atoms. The third-order valence-electron chi connectivity index (χ3n) is 3.01. The van der Waals surface area contributed by atoms with E-state index in [4.69, 9.17) is 15.3 Å². The zero-order valence-corrected chi connectivity index (χ0v) is 14.5. The van der Waals surface area contributed by atoms with Crippen molar-refractivity contribution >= 4 is 23.7 Å². The second-order valence-corrected chi connectivity index (χ2v) is 5.66. The van der Waals surface area contributed by atoms with Crippen LogP contribution >= 0.6 is 0 Å². The fourth-order valence-electron chi connectivity index (χ4n) is 1.71. The lowest BCUT2D eigenvalue weighted by molar-refractivity contribution is -0.148. The monoisotopic (exact) mass is 348 g/mol. The standard InChI is InChI=1S/C7H15NO2.C5H9NO2.C3H4O3/c1-5(2)4-6(8-3)7(9)10;7-5(8)4-2-1-3-6-4;1-2(4)3(5)6/h5-6,8H,4H2,1-3H3,(H,9,10);4,6H,1-3H2,(H,7,8);1H3,(H,5,6)/t6-;4-;/m00./s1. The van der Waals surface area contributed by atoms with Crippen LogP contribution in [0.4, 0.5) is 0 Å². The van der Waals surface area contributed by atoms with Crippen molar-refractivity contribution in [2.45, 2.75) is 52.1 Å². The van der Waals surface area contributed by atoms with Gasteiger partial charge in [-0.3, -0.25) is 14.4 Å². The average Bonchev–Trinajstić information content (AvgIpc) is 2.99. The maximum absolute atomic E-state index is 10.4. The SMILES string of the molecule is CC(=O)C(=O)O.CN[C@@H](CC(C)C)C(=O)O.O=C(O)[C@@H]1CCCN1. The first-order chi connectivity index (χ1) is 11.0. The number of rotatable bonds is 6. The van der Waals surface area contributed by atoms with Crippen molar-refractivity contribution < 1.29 is 34.5 Å². The summed E-state index contributed by atoms with van der Waals surface area (Å²) in [5, 5.41) is 30.1. The first-order valence-corrected chi connectivity index (χ1v) is 7.63. The van der Waals surface area contributed by atoms with Crippen LogP contribution in [0.3, 0.4) is 0 Å². The molecule has 24 heavy (non-hydrogen) atoms. The maximum atomic E-state index is 10.4. The Balaban J connectivity index is 0. The smallest absolute Gasteiger partial charge is 0.371 e. The van der Waals surface area contributed by atoms with Crippen LogP contribution in [-0.2, 0) is 19.2 Å². The van der Waals surface area contributed by atoms with Gasteiger partial charge in [-0.2, -0.15) is 0 Å². The van der Waals surface area contributed by atoms with Gasteiger partial charge >= 0.3 is 17.9 Å². The van der Waals surface area contributed by atoms with Crippen molar-refractivity contribution in [3.63, 3.8) is 0 Å². The molecule has 0 aliphatic carbocycles. The van der Waals surface area contributed by atoms with E-state index in [0.29, 0.717) is 12.3 Å². The van der Waals surface area contributed by atoms with E-state index in [-0.39, 0.29) is 12.1 Å². The number of Topliss-reactive ketones (excluding diaryl/α,β-unsaturated/α-hetero) is 1. The molecule has 1 saturated heterocycles. The van der Waals surface area contributed by atoms with Gasteiger partial charge in [0.1, 0.15) is 12.1 Å². The van der Waals surface area contributed by atoms with E-state index >= 15 is 0 Å². The van der Waals surface area contributed by atoms with Crippen molar-refractivity contribution in [1.29, 1.82) is 0 Å². The first-order valence-electron chi connectivity index (χ1n) is 7.63. The Hall–Kier alpha value is -2.00. The van der Waals surface area contributed by atoms with E-state index in [1.807, 2.05) is 13.8 Å². The lowest BCUT2D eigenvalue weighted by Crippen LogP contribution is -2.34. The molecule has 2 atom stereocenters. The minimum Gasteiger partial charge on any atom is -0.480 e. The van der Waals surface area contributed by atoms with Crippen molar-refractivity contribution in [3.05, 3.63) is 0 Å². The highest BCUT2D eigenvalue weighted by molar-refractivity contribution is 6.31. The molecule has 1 aliphatic heterocycles. The van der Waals surface area contributed by atoms with Crippen LogP contribution in [0.5, 0.6) is 0 Å². The minimum absolute atomic E-state index is 0.269. The van der Waals surface area contributed by atoms with Gasteiger partial charge in [0.25, 0.3) is 0 Å².